The molecule has 0 saturated carbocycles. The van der Waals surface area contributed by atoms with Crippen LogP contribution in [0.25, 0.3) is 0 Å². The van der Waals surface area contributed by atoms with E-state index in [0.29, 0.717) is 0 Å². The molecule has 2 aliphatic carbocycles. The summed E-state index contributed by atoms with van der Waals surface area (Å²) >= 11 is 0. The minimum Gasteiger partial charge on any atom is -0.442 e. The molecule has 0 aromatic rings. The van der Waals surface area contributed by atoms with E-state index in [2.05, 4.69) is 29.0 Å². The second-order valence-corrected chi connectivity index (χ2v) is 8.34. The minimum atomic E-state index is -0.831. The third-order valence-corrected chi connectivity index (χ3v) is 3.29. The molecule has 8 heteroatoms. The Hall–Kier alpha value is -2.32. The number of nitrogens with zero attached hydrogens (tertiary/aromatic N) is 1. The van der Waals surface area contributed by atoms with Gasteiger partial charge in [-0.1, -0.05) is 36.5 Å². The van der Waals surface area contributed by atoms with Crippen LogP contribution in [0.1, 0.15) is 54.4 Å². The van der Waals surface area contributed by atoms with Gasteiger partial charge in [-0.2, -0.15) is 5.06 Å². The summed E-state index contributed by atoms with van der Waals surface area (Å²) in [5, 5.41) is 9.30. The number of rotatable bonds is 0. The van der Waals surface area contributed by atoms with Gasteiger partial charge in [0.2, 0.25) is 0 Å². The Bertz CT molecular complexity index is 603. The summed E-state index contributed by atoms with van der Waals surface area (Å²) in [5.41, 5.74) is 0.345. The fourth-order valence-electron chi connectivity index (χ4n) is 2.30. The molecule has 28 heavy (non-hydrogen) atoms. The van der Waals surface area contributed by atoms with Gasteiger partial charge in [-0.05, 0) is 48.0 Å². The summed E-state index contributed by atoms with van der Waals surface area (Å²) in [4.78, 5) is 27.2. The van der Waals surface area contributed by atoms with E-state index in [9.17, 15) is 9.59 Å². The lowest BCUT2D eigenvalue weighted by atomic mass is 10.2. The monoisotopic (exact) mass is 396 g/mol. The van der Waals surface area contributed by atoms with E-state index in [4.69, 9.17) is 14.8 Å². The van der Waals surface area contributed by atoms with Crippen molar-refractivity contribution in [2.24, 2.45) is 0 Å². The van der Waals surface area contributed by atoms with E-state index < -0.39 is 23.4 Å². The van der Waals surface area contributed by atoms with Crippen molar-refractivity contribution in [1.29, 1.82) is 0 Å². The number of carbonyl (C=O) groups is 2. The highest BCUT2D eigenvalue weighted by Gasteiger charge is 2.40. The zero-order valence-corrected chi connectivity index (χ0v) is 17.5. The summed E-state index contributed by atoms with van der Waals surface area (Å²) in [5.74, 6) is 0. The maximum Gasteiger partial charge on any atom is 0.435 e. The molecule has 2 bridgehead atoms. The summed E-state index contributed by atoms with van der Waals surface area (Å²) in [6, 6.07) is 0.0647. The van der Waals surface area contributed by atoms with Gasteiger partial charge in [-0.3, -0.25) is 10.0 Å². The maximum atomic E-state index is 11.6. The van der Waals surface area contributed by atoms with Crippen molar-refractivity contribution in [3.8, 4) is 0 Å². The van der Waals surface area contributed by atoms with E-state index in [-0.39, 0.29) is 12.1 Å². The lowest BCUT2D eigenvalue weighted by Crippen LogP contribution is -2.39. The second kappa shape index (κ2) is 10.3. The van der Waals surface area contributed by atoms with Gasteiger partial charge in [0.05, 0.1) is 6.04 Å². The molecule has 0 aromatic heterocycles. The van der Waals surface area contributed by atoms with Gasteiger partial charge in [0.25, 0.3) is 0 Å². The molecule has 1 saturated heterocycles. The van der Waals surface area contributed by atoms with Crippen LogP contribution in [0.4, 0.5) is 9.59 Å². The smallest absolute Gasteiger partial charge is 0.435 e. The van der Waals surface area contributed by atoms with E-state index in [1.54, 1.807) is 20.8 Å². The lowest BCUT2D eigenvalue weighted by Gasteiger charge is -2.27. The Kier molecular flexibility index (Phi) is 8.71. The van der Waals surface area contributed by atoms with Crippen LogP contribution in [0.3, 0.4) is 0 Å². The minimum absolute atomic E-state index is 0.0625. The summed E-state index contributed by atoms with van der Waals surface area (Å²) in [6.45, 7) is 10.7. The van der Waals surface area contributed by atoms with E-state index in [1.165, 1.54) is 10.5 Å². The Morgan fingerprint density at radius 3 is 1.89 bits per heavy atom. The first-order valence-corrected chi connectivity index (χ1v) is 9.23. The van der Waals surface area contributed by atoms with Crippen molar-refractivity contribution in [3.63, 3.8) is 0 Å². The first-order chi connectivity index (χ1) is 12.9. The number of ether oxygens (including phenoxy) is 2. The lowest BCUT2D eigenvalue weighted by molar-refractivity contribution is -0.139. The van der Waals surface area contributed by atoms with Crippen LogP contribution in [0.5, 0.6) is 0 Å². The molecular weight excluding hydrogens is 364 g/mol. The fourth-order valence-corrected chi connectivity index (χ4v) is 2.30. The van der Waals surface area contributed by atoms with Crippen LogP contribution >= 0.6 is 0 Å². The quantitative estimate of drug-likeness (QED) is 0.361. The van der Waals surface area contributed by atoms with Crippen molar-refractivity contribution in [2.45, 2.75) is 77.7 Å². The molecule has 0 radical (unpaired) electrons. The van der Waals surface area contributed by atoms with Crippen molar-refractivity contribution in [3.05, 3.63) is 36.5 Å². The molecule has 0 aromatic carbocycles. The van der Waals surface area contributed by atoms with Gasteiger partial charge < -0.3 is 9.47 Å². The molecular formula is C20H32N2O6. The molecule has 2 unspecified atom stereocenters. The predicted octanol–water partition coefficient (Wildman–Crippen LogP) is 4.27. The largest absolute Gasteiger partial charge is 0.442 e. The van der Waals surface area contributed by atoms with Crippen LogP contribution in [0, 0.1) is 0 Å². The molecule has 1 heterocycles. The molecule has 2 N–H and O–H groups in total. The number of carbonyl (C=O) groups excluding carboxylic acids is 2. The van der Waals surface area contributed by atoms with E-state index in [1.807, 2.05) is 32.9 Å². The van der Waals surface area contributed by atoms with Crippen molar-refractivity contribution in [2.75, 3.05) is 0 Å². The molecule has 158 valence electrons. The number of hydrogen-bond acceptors (Lipinski definition) is 6. The van der Waals surface area contributed by atoms with Crippen LogP contribution in [0.15, 0.2) is 36.5 Å². The molecule has 3 rings (SSSR count). The summed E-state index contributed by atoms with van der Waals surface area (Å²) in [7, 11) is 0. The van der Waals surface area contributed by atoms with Gasteiger partial charge in [-0.25, -0.2) is 15.1 Å². The second-order valence-electron chi connectivity index (χ2n) is 8.34. The van der Waals surface area contributed by atoms with Gasteiger partial charge in [0, 0.05) is 6.42 Å². The predicted molar refractivity (Wildman–Crippen MR) is 105 cm³/mol. The summed E-state index contributed by atoms with van der Waals surface area (Å²) in [6.07, 6.45) is 13.2. The van der Waals surface area contributed by atoms with Crippen LogP contribution in [0.2, 0.25) is 0 Å². The summed E-state index contributed by atoms with van der Waals surface area (Å²) < 4.78 is 9.79. The molecule has 2 atom stereocenters. The zero-order chi connectivity index (χ0) is 21.4. The topological polar surface area (TPSA) is 97.3 Å². The molecule has 2 amide bonds. The van der Waals surface area contributed by atoms with Crippen molar-refractivity contribution >= 4 is 12.2 Å². The highest BCUT2D eigenvalue weighted by molar-refractivity contribution is 5.68. The molecule has 1 aliphatic heterocycles. The SMILES string of the molecule is C1=CCC=C1.CC(C)(C)OC(=O)N1OC2C=CC1C2.CC(C)(C)OC(=O)NO. The van der Waals surface area contributed by atoms with Crippen LogP contribution in [-0.4, -0.2) is 45.8 Å². The van der Waals surface area contributed by atoms with Crippen molar-refractivity contribution < 1.29 is 29.1 Å². The molecule has 8 nitrogen and oxygen atoms in total. The third-order valence-electron chi connectivity index (χ3n) is 3.29. The Morgan fingerprint density at radius 2 is 1.61 bits per heavy atom. The molecule has 1 fully saturated rings. The number of hydrogen-bond donors (Lipinski definition) is 2. The third kappa shape index (κ3) is 9.57. The number of amides is 2. The first-order valence-electron chi connectivity index (χ1n) is 9.23. The van der Waals surface area contributed by atoms with Gasteiger partial charge in [-0.15, -0.1) is 0 Å². The van der Waals surface area contributed by atoms with Crippen molar-refractivity contribution in [1.82, 2.24) is 10.5 Å². The number of allylic oxidation sites excluding steroid dienone is 4. The normalized spacial score (nSPS) is 21.5. The van der Waals surface area contributed by atoms with Gasteiger partial charge in [0.1, 0.15) is 17.3 Å². The average molecular weight is 396 g/mol. The van der Waals surface area contributed by atoms with Crippen LogP contribution in [-0.2, 0) is 14.3 Å². The molecule has 3 aliphatic rings. The molecule has 0 spiro atoms. The number of fused-ring (bicyclic) bond motifs is 2. The Balaban J connectivity index is 0.000000239. The van der Waals surface area contributed by atoms with Gasteiger partial charge in [0.15, 0.2) is 0 Å². The fraction of sp³-hybridized carbons (Fsp3) is 0.600. The highest BCUT2D eigenvalue weighted by atomic mass is 16.7. The van der Waals surface area contributed by atoms with E-state index >= 15 is 0 Å². The maximum absolute atomic E-state index is 11.6. The van der Waals surface area contributed by atoms with Gasteiger partial charge >= 0.3 is 12.2 Å². The number of nitrogens with one attached hydrogen (secondary N) is 1. The first kappa shape index (κ1) is 23.7. The average Bonchev–Trinajstić information content (AvgIpc) is 3.31. The van der Waals surface area contributed by atoms with E-state index in [0.717, 1.165) is 12.8 Å². The standard InChI is InChI=1S/C10H15NO3.C5H11NO3.C5H6/c1-10(2,3)13-9(12)11-7-4-5-8(6-7)14-11;1-5(2,3)9-4(7)6-8;1-2-4-5-3-1/h4-5,7-8H,6H2,1-3H3;8H,1-3H3,(H,6,7);1-4H,5H2. The number of hydroxylamine groups is 3. The Labute approximate surface area is 166 Å². The highest BCUT2D eigenvalue weighted by Crippen LogP contribution is 2.30. The zero-order valence-electron chi connectivity index (χ0n) is 17.5. The van der Waals surface area contributed by atoms with Crippen LogP contribution < -0.4 is 5.48 Å². The Morgan fingerprint density at radius 1 is 1.04 bits per heavy atom.